The molecule has 106 valence electrons. The summed E-state index contributed by atoms with van der Waals surface area (Å²) in [6.45, 7) is 2.54. The van der Waals surface area contributed by atoms with Gasteiger partial charge in [0.05, 0.1) is 15.7 Å². The molecule has 2 aromatic rings. The summed E-state index contributed by atoms with van der Waals surface area (Å²) in [5, 5.41) is 4.17. The Morgan fingerprint density at radius 3 is 2.40 bits per heavy atom. The number of nitrogens with one attached hydrogen (secondary N) is 1. The standard InChI is InChI=1S/C15H15Cl2FN2/c1-9-6-11(18)3-2-10(9)4-5-20-15-13(16)7-12(19)8-14(15)17/h2-3,6-8,20H,4-5,19H2,1H3. The highest BCUT2D eigenvalue weighted by Crippen LogP contribution is 2.32. The third kappa shape index (κ3) is 3.56. The third-order valence-electron chi connectivity index (χ3n) is 3.07. The van der Waals surface area contributed by atoms with E-state index in [-0.39, 0.29) is 5.82 Å². The number of rotatable bonds is 4. The molecule has 0 aromatic heterocycles. The van der Waals surface area contributed by atoms with Crippen LogP contribution < -0.4 is 11.1 Å². The van der Waals surface area contributed by atoms with Crippen molar-refractivity contribution in [2.45, 2.75) is 13.3 Å². The van der Waals surface area contributed by atoms with Crippen molar-refractivity contribution >= 4 is 34.6 Å². The maximum absolute atomic E-state index is 13.0. The van der Waals surface area contributed by atoms with Gasteiger partial charge in [-0.2, -0.15) is 0 Å². The fourth-order valence-corrected chi connectivity index (χ4v) is 2.66. The summed E-state index contributed by atoms with van der Waals surface area (Å²) in [7, 11) is 0. The molecular formula is C15H15Cl2FN2. The predicted molar refractivity (Wildman–Crippen MR) is 84.2 cm³/mol. The summed E-state index contributed by atoms with van der Waals surface area (Å²) >= 11 is 12.2. The van der Waals surface area contributed by atoms with Crippen LogP contribution in [0.1, 0.15) is 11.1 Å². The molecule has 0 saturated heterocycles. The van der Waals surface area contributed by atoms with E-state index >= 15 is 0 Å². The summed E-state index contributed by atoms with van der Waals surface area (Å²) in [6.07, 6.45) is 0.753. The maximum Gasteiger partial charge on any atom is 0.123 e. The topological polar surface area (TPSA) is 38.0 Å². The van der Waals surface area contributed by atoms with Crippen LogP contribution in [-0.4, -0.2) is 6.54 Å². The molecule has 0 atom stereocenters. The van der Waals surface area contributed by atoms with Gasteiger partial charge in [0.2, 0.25) is 0 Å². The van der Waals surface area contributed by atoms with E-state index in [1.54, 1.807) is 18.2 Å². The summed E-state index contributed by atoms with van der Waals surface area (Å²) in [4.78, 5) is 0. The van der Waals surface area contributed by atoms with Crippen LogP contribution in [0.15, 0.2) is 30.3 Å². The van der Waals surface area contributed by atoms with E-state index in [0.29, 0.717) is 28.0 Å². The number of nitrogens with two attached hydrogens (primary N) is 1. The van der Waals surface area contributed by atoms with E-state index in [4.69, 9.17) is 28.9 Å². The molecule has 0 amide bonds. The summed E-state index contributed by atoms with van der Waals surface area (Å²) < 4.78 is 13.0. The van der Waals surface area contributed by atoms with Gasteiger partial charge in [0.25, 0.3) is 0 Å². The zero-order valence-corrected chi connectivity index (χ0v) is 12.5. The molecule has 5 heteroatoms. The average Bonchev–Trinajstić information content (AvgIpc) is 2.34. The fourth-order valence-electron chi connectivity index (χ4n) is 2.02. The van der Waals surface area contributed by atoms with Crippen molar-refractivity contribution in [2.24, 2.45) is 0 Å². The van der Waals surface area contributed by atoms with Crippen LogP contribution in [0.2, 0.25) is 10.0 Å². The zero-order valence-electron chi connectivity index (χ0n) is 11.0. The summed E-state index contributed by atoms with van der Waals surface area (Å²) in [5.41, 5.74) is 8.86. The molecule has 0 fully saturated rings. The van der Waals surface area contributed by atoms with E-state index in [0.717, 1.165) is 17.5 Å². The Labute approximate surface area is 127 Å². The number of anilines is 2. The first-order chi connectivity index (χ1) is 9.47. The number of nitrogen functional groups attached to an aromatic ring is 1. The lowest BCUT2D eigenvalue weighted by molar-refractivity contribution is 0.625. The van der Waals surface area contributed by atoms with E-state index in [9.17, 15) is 4.39 Å². The Hall–Kier alpha value is -1.45. The minimum absolute atomic E-state index is 0.219. The second-order valence-electron chi connectivity index (χ2n) is 4.61. The Morgan fingerprint density at radius 2 is 1.80 bits per heavy atom. The molecule has 2 rings (SSSR count). The van der Waals surface area contributed by atoms with Crippen LogP contribution in [0.25, 0.3) is 0 Å². The molecule has 0 aliphatic rings. The van der Waals surface area contributed by atoms with E-state index < -0.39 is 0 Å². The first kappa shape index (κ1) is 14.9. The molecule has 0 aliphatic heterocycles. The lowest BCUT2D eigenvalue weighted by Gasteiger charge is -2.12. The lowest BCUT2D eigenvalue weighted by atomic mass is 10.1. The van der Waals surface area contributed by atoms with Crippen molar-refractivity contribution in [3.63, 3.8) is 0 Å². The van der Waals surface area contributed by atoms with Gasteiger partial charge in [-0.1, -0.05) is 29.3 Å². The maximum atomic E-state index is 13.0. The highest BCUT2D eigenvalue weighted by atomic mass is 35.5. The van der Waals surface area contributed by atoms with Crippen molar-refractivity contribution < 1.29 is 4.39 Å². The van der Waals surface area contributed by atoms with Crippen LogP contribution >= 0.6 is 23.2 Å². The van der Waals surface area contributed by atoms with E-state index in [1.165, 1.54) is 12.1 Å². The largest absolute Gasteiger partial charge is 0.399 e. The molecule has 20 heavy (non-hydrogen) atoms. The molecule has 0 spiro atoms. The van der Waals surface area contributed by atoms with Crippen LogP contribution in [0.3, 0.4) is 0 Å². The van der Waals surface area contributed by atoms with Gasteiger partial charge in [0.15, 0.2) is 0 Å². The summed E-state index contributed by atoms with van der Waals surface area (Å²) in [5.74, 6) is -0.219. The average molecular weight is 313 g/mol. The molecule has 2 aromatic carbocycles. The predicted octanol–water partition coefficient (Wildman–Crippen LogP) is 4.68. The van der Waals surface area contributed by atoms with Gasteiger partial charge < -0.3 is 11.1 Å². The minimum Gasteiger partial charge on any atom is -0.399 e. The third-order valence-corrected chi connectivity index (χ3v) is 3.66. The van der Waals surface area contributed by atoms with Gasteiger partial charge in [-0.05, 0) is 48.7 Å². The molecule has 0 heterocycles. The molecule has 0 unspecified atom stereocenters. The van der Waals surface area contributed by atoms with Gasteiger partial charge >= 0.3 is 0 Å². The molecular weight excluding hydrogens is 298 g/mol. The van der Waals surface area contributed by atoms with E-state index in [1.807, 2.05) is 6.92 Å². The van der Waals surface area contributed by atoms with Crippen LogP contribution in [-0.2, 0) is 6.42 Å². The van der Waals surface area contributed by atoms with E-state index in [2.05, 4.69) is 5.32 Å². The number of benzene rings is 2. The van der Waals surface area contributed by atoms with Crippen LogP contribution in [0, 0.1) is 12.7 Å². The number of aryl methyl sites for hydroxylation is 1. The number of hydrogen-bond acceptors (Lipinski definition) is 2. The first-order valence-electron chi connectivity index (χ1n) is 6.21. The first-order valence-corrected chi connectivity index (χ1v) is 6.96. The normalized spacial score (nSPS) is 10.6. The monoisotopic (exact) mass is 312 g/mol. The molecule has 0 radical (unpaired) electrons. The number of halogens is 3. The minimum atomic E-state index is -0.219. The van der Waals surface area contributed by atoms with Gasteiger partial charge in [0.1, 0.15) is 5.82 Å². The second-order valence-corrected chi connectivity index (χ2v) is 5.42. The van der Waals surface area contributed by atoms with Crippen molar-refractivity contribution in [1.82, 2.24) is 0 Å². The molecule has 3 N–H and O–H groups in total. The Morgan fingerprint density at radius 1 is 1.15 bits per heavy atom. The Kier molecular flexibility index (Phi) is 4.73. The Bertz CT molecular complexity index is 606. The lowest BCUT2D eigenvalue weighted by Crippen LogP contribution is -2.07. The van der Waals surface area contributed by atoms with Crippen molar-refractivity contribution in [3.8, 4) is 0 Å². The number of hydrogen-bond donors (Lipinski definition) is 2. The van der Waals surface area contributed by atoms with Gasteiger partial charge in [0, 0.05) is 12.2 Å². The zero-order chi connectivity index (χ0) is 14.7. The molecule has 0 bridgehead atoms. The quantitative estimate of drug-likeness (QED) is 0.805. The van der Waals surface area contributed by atoms with Crippen molar-refractivity contribution in [3.05, 3.63) is 57.3 Å². The molecule has 0 aliphatic carbocycles. The van der Waals surface area contributed by atoms with Crippen LogP contribution in [0.5, 0.6) is 0 Å². The SMILES string of the molecule is Cc1cc(F)ccc1CCNc1c(Cl)cc(N)cc1Cl. The summed E-state index contributed by atoms with van der Waals surface area (Å²) in [6, 6.07) is 8.08. The van der Waals surface area contributed by atoms with Gasteiger partial charge in [-0.3, -0.25) is 0 Å². The van der Waals surface area contributed by atoms with Crippen molar-refractivity contribution in [2.75, 3.05) is 17.6 Å². The van der Waals surface area contributed by atoms with Gasteiger partial charge in [-0.25, -0.2) is 4.39 Å². The highest BCUT2D eigenvalue weighted by Gasteiger charge is 2.07. The smallest absolute Gasteiger partial charge is 0.123 e. The molecule has 0 saturated carbocycles. The van der Waals surface area contributed by atoms with Crippen molar-refractivity contribution in [1.29, 1.82) is 0 Å². The highest BCUT2D eigenvalue weighted by molar-refractivity contribution is 6.39. The van der Waals surface area contributed by atoms with Gasteiger partial charge in [-0.15, -0.1) is 0 Å². The Balaban J connectivity index is 2.03. The fraction of sp³-hybridized carbons (Fsp3) is 0.200. The molecule has 2 nitrogen and oxygen atoms in total. The second kappa shape index (κ2) is 6.33. The van der Waals surface area contributed by atoms with Crippen LogP contribution in [0.4, 0.5) is 15.8 Å².